The summed E-state index contributed by atoms with van der Waals surface area (Å²) in [5, 5.41) is 9.79. The predicted octanol–water partition coefficient (Wildman–Crippen LogP) is 2.26. The molecule has 1 fully saturated rings. The molecule has 1 N–H and O–H groups in total. The number of sulfonamides is 1. The van der Waals surface area contributed by atoms with Gasteiger partial charge < -0.3 is 9.84 Å². The first-order chi connectivity index (χ1) is 10.3. The monoisotopic (exact) mass is 327 g/mol. The van der Waals surface area contributed by atoms with E-state index >= 15 is 0 Å². The van der Waals surface area contributed by atoms with Gasteiger partial charge in [-0.05, 0) is 42.5 Å². The van der Waals surface area contributed by atoms with Gasteiger partial charge in [0.2, 0.25) is 10.0 Å². The molecule has 1 aromatic rings. The fourth-order valence-electron chi connectivity index (χ4n) is 3.07. The van der Waals surface area contributed by atoms with E-state index in [1.165, 1.54) is 4.31 Å². The lowest BCUT2D eigenvalue weighted by Gasteiger charge is -2.38. The molecule has 0 radical (unpaired) electrons. The zero-order chi connectivity index (χ0) is 16.4. The smallest absolute Gasteiger partial charge is 0.243 e. The molecule has 0 spiro atoms. The van der Waals surface area contributed by atoms with Gasteiger partial charge in [0.05, 0.1) is 24.7 Å². The van der Waals surface area contributed by atoms with Gasteiger partial charge in [0.1, 0.15) is 5.75 Å². The third-order valence-electron chi connectivity index (χ3n) is 4.54. The van der Waals surface area contributed by atoms with Crippen LogP contribution in [0.25, 0.3) is 0 Å². The Hall–Kier alpha value is -1.11. The van der Waals surface area contributed by atoms with Crippen molar-refractivity contribution < 1.29 is 18.3 Å². The molecule has 1 aliphatic heterocycles. The Balaban J connectivity index is 2.40. The average molecular weight is 327 g/mol. The standard InChI is InChI=1S/C16H25NO4S/c1-16(2)10-4-5-11-17(15(16)12-18)22(19,20)14-8-6-13(21-3)7-9-14/h6-9,15,18H,4-5,10-12H2,1-3H3/t15-/m1/s1. The maximum Gasteiger partial charge on any atom is 0.243 e. The van der Waals surface area contributed by atoms with Gasteiger partial charge in [-0.2, -0.15) is 4.31 Å². The molecule has 1 heterocycles. The molecule has 0 unspecified atom stereocenters. The number of hydrogen-bond donors (Lipinski definition) is 1. The zero-order valence-corrected chi connectivity index (χ0v) is 14.3. The van der Waals surface area contributed by atoms with Crippen molar-refractivity contribution in [2.24, 2.45) is 5.41 Å². The van der Waals surface area contributed by atoms with Crippen LogP contribution in [0.4, 0.5) is 0 Å². The molecule has 124 valence electrons. The highest BCUT2D eigenvalue weighted by Gasteiger charge is 2.41. The van der Waals surface area contributed by atoms with Crippen LogP contribution in [0.5, 0.6) is 5.75 Å². The van der Waals surface area contributed by atoms with E-state index in [0.717, 1.165) is 19.3 Å². The number of aliphatic hydroxyl groups is 1. The van der Waals surface area contributed by atoms with Gasteiger partial charge in [-0.1, -0.05) is 20.3 Å². The number of ether oxygens (including phenoxy) is 1. The maximum absolute atomic E-state index is 13.0. The van der Waals surface area contributed by atoms with Gasteiger partial charge in [0.15, 0.2) is 0 Å². The van der Waals surface area contributed by atoms with Crippen molar-refractivity contribution >= 4 is 10.0 Å². The number of benzene rings is 1. The molecule has 6 heteroatoms. The number of methoxy groups -OCH3 is 1. The van der Waals surface area contributed by atoms with Crippen LogP contribution in [0.15, 0.2) is 29.2 Å². The van der Waals surface area contributed by atoms with Gasteiger partial charge >= 0.3 is 0 Å². The third-order valence-corrected chi connectivity index (χ3v) is 6.46. The molecule has 5 nitrogen and oxygen atoms in total. The molecular formula is C16H25NO4S. The Labute approximate surface area is 133 Å². The second kappa shape index (κ2) is 6.56. The molecule has 1 aromatic carbocycles. The molecule has 0 aromatic heterocycles. The zero-order valence-electron chi connectivity index (χ0n) is 13.4. The van der Waals surface area contributed by atoms with Crippen LogP contribution >= 0.6 is 0 Å². The molecular weight excluding hydrogens is 302 g/mol. The van der Waals surface area contributed by atoms with Crippen LogP contribution in [-0.2, 0) is 10.0 Å². The summed E-state index contributed by atoms with van der Waals surface area (Å²) in [5.41, 5.74) is -0.245. The fourth-order valence-corrected chi connectivity index (χ4v) is 4.88. The van der Waals surface area contributed by atoms with Gasteiger partial charge in [0, 0.05) is 6.54 Å². The van der Waals surface area contributed by atoms with Gasteiger partial charge in [-0.25, -0.2) is 8.42 Å². The Kier molecular flexibility index (Phi) is 5.14. The Morgan fingerprint density at radius 3 is 2.45 bits per heavy atom. The summed E-state index contributed by atoms with van der Waals surface area (Å²) in [7, 11) is -2.08. The van der Waals surface area contributed by atoms with Crippen LogP contribution in [0.2, 0.25) is 0 Å². The fraction of sp³-hybridized carbons (Fsp3) is 0.625. The van der Waals surface area contributed by atoms with Crippen LogP contribution in [0.1, 0.15) is 33.1 Å². The second-order valence-corrected chi connectivity index (χ2v) is 8.33. The van der Waals surface area contributed by atoms with Crippen LogP contribution in [0.3, 0.4) is 0 Å². The first-order valence-electron chi connectivity index (χ1n) is 7.59. The van der Waals surface area contributed by atoms with E-state index in [4.69, 9.17) is 4.74 Å². The largest absolute Gasteiger partial charge is 0.497 e. The van der Waals surface area contributed by atoms with Crippen molar-refractivity contribution in [1.29, 1.82) is 0 Å². The van der Waals surface area contributed by atoms with Crippen LogP contribution in [0, 0.1) is 5.41 Å². The average Bonchev–Trinajstić information content (AvgIpc) is 2.65. The van der Waals surface area contributed by atoms with E-state index in [1.807, 2.05) is 13.8 Å². The summed E-state index contributed by atoms with van der Waals surface area (Å²) in [6, 6.07) is 6.00. The molecule has 1 atom stereocenters. The highest BCUT2D eigenvalue weighted by Crippen LogP contribution is 2.37. The van der Waals surface area contributed by atoms with E-state index in [-0.39, 0.29) is 16.9 Å². The minimum atomic E-state index is -3.62. The van der Waals surface area contributed by atoms with E-state index in [2.05, 4.69) is 0 Å². The minimum Gasteiger partial charge on any atom is -0.497 e. The third kappa shape index (κ3) is 3.29. The molecule has 0 amide bonds. The van der Waals surface area contributed by atoms with Crippen LogP contribution < -0.4 is 4.74 Å². The topological polar surface area (TPSA) is 66.8 Å². The number of rotatable bonds is 4. The summed E-state index contributed by atoms with van der Waals surface area (Å²) in [6.07, 6.45) is 2.69. The highest BCUT2D eigenvalue weighted by atomic mass is 32.2. The molecule has 2 rings (SSSR count). The molecule has 0 aliphatic carbocycles. The summed E-state index contributed by atoms with van der Waals surface area (Å²) >= 11 is 0. The van der Waals surface area contributed by atoms with Crippen LogP contribution in [-0.4, -0.2) is 44.1 Å². The molecule has 0 bridgehead atoms. The Bertz CT molecular complexity index is 595. The van der Waals surface area contributed by atoms with E-state index < -0.39 is 16.1 Å². The van der Waals surface area contributed by atoms with E-state index in [9.17, 15) is 13.5 Å². The predicted molar refractivity (Wildman–Crippen MR) is 85.4 cm³/mol. The van der Waals surface area contributed by atoms with Gasteiger partial charge in [-0.15, -0.1) is 0 Å². The number of hydrogen-bond acceptors (Lipinski definition) is 4. The lowest BCUT2D eigenvalue weighted by molar-refractivity contribution is 0.0975. The van der Waals surface area contributed by atoms with Crippen molar-refractivity contribution in [3.63, 3.8) is 0 Å². The normalized spacial score (nSPS) is 23.0. The Morgan fingerprint density at radius 2 is 1.91 bits per heavy atom. The van der Waals surface area contributed by atoms with Crippen molar-refractivity contribution in [2.45, 2.75) is 44.0 Å². The van der Waals surface area contributed by atoms with Crippen molar-refractivity contribution in [2.75, 3.05) is 20.3 Å². The van der Waals surface area contributed by atoms with Crippen molar-refractivity contribution in [1.82, 2.24) is 4.31 Å². The summed E-state index contributed by atoms with van der Waals surface area (Å²) in [5.74, 6) is 0.619. The maximum atomic E-state index is 13.0. The molecule has 1 saturated heterocycles. The quantitative estimate of drug-likeness (QED) is 0.921. The Morgan fingerprint density at radius 1 is 1.27 bits per heavy atom. The van der Waals surface area contributed by atoms with E-state index in [1.54, 1.807) is 31.4 Å². The lowest BCUT2D eigenvalue weighted by atomic mass is 9.81. The molecule has 22 heavy (non-hydrogen) atoms. The van der Waals surface area contributed by atoms with Gasteiger partial charge in [-0.3, -0.25) is 0 Å². The van der Waals surface area contributed by atoms with Crippen molar-refractivity contribution in [3.8, 4) is 5.75 Å². The summed E-state index contributed by atoms with van der Waals surface area (Å²) in [4.78, 5) is 0.240. The summed E-state index contributed by atoms with van der Waals surface area (Å²) in [6.45, 7) is 4.33. The first kappa shape index (κ1) is 17.2. The lowest BCUT2D eigenvalue weighted by Crippen LogP contribution is -2.49. The van der Waals surface area contributed by atoms with E-state index in [0.29, 0.717) is 12.3 Å². The SMILES string of the molecule is COc1ccc(S(=O)(=O)N2CCCCC(C)(C)[C@H]2CO)cc1. The molecule has 1 aliphatic rings. The van der Waals surface area contributed by atoms with Crippen molar-refractivity contribution in [3.05, 3.63) is 24.3 Å². The highest BCUT2D eigenvalue weighted by molar-refractivity contribution is 7.89. The first-order valence-corrected chi connectivity index (χ1v) is 9.03. The number of aliphatic hydroxyl groups excluding tert-OH is 1. The second-order valence-electron chi connectivity index (χ2n) is 6.44. The minimum absolute atomic E-state index is 0.164. The summed E-state index contributed by atoms with van der Waals surface area (Å²) < 4.78 is 32.5. The van der Waals surface area contributed by atoms with Gasteiger partial charge in [0.25, 0.3) is 0 Å². The number of nitrogens with zero attached hydrogens (tertiary/aromatic N) is 1. The molecule has 0 saturated carbocycles.